The molecule has 5 rings (SSSR count). The van der Waals surface area contributed by atoms with E-state index in [1.807, 2.05) is 6.92 Å². The number of anilines is 2. The van der Waals surface area contributed by atoms with Crippen molar-refractivity contribution in [2.45, 2.75) is 56.7 Å². The summed E-state index contributed by atoms with van der Waals surface area (Å²) < 4.78 is 73.3. The van der Waals surface area contributed by atoms with E-state index in [4.69, 9.17) is 14.2 Å². The predicted octanol–water partition coefficient (Wildman–Crippen LogP) is 3.30. The fourth-order valence-corrected chi connectivity index (χ4v) is 3.76. The van der Waals surface area contributed by atoms with Crippen molar-refractivity contribution in [3.8, 4) is 5.88 Å². The average molecular weight is 529 g/mol. The predicted molar refractivity (Wildman–Crippen MR) is 117 cm³/mol. The van der Waals surface area contributed by atoms with Crippen LogP contribution >= 0.6 is 0 Å². The van der Waals surface area contributed by atoms with Crippen LogP contribution in [0.4, 0.5) is 34.1 Å². The third-order valence-corrected chi connectivity index (χ3v) is 5.96. The molecular weight excluding hydrogens is 506 g/mol. The Morgan fingerprint density at radius 3 is 2.81 bits per heavy atom. The van der Waals surface area contributed by atoms with Gasteiger partial charge in [-0.3, -0.25) is 14.2 Å². The average Bonchev–Trinajstić information content (AvgIpc) is 3.19. The molecule has 3 N–H and O–H groups in total. The normalized spacial score (nSPS) is 22.7. The van der Waals surface area contributed by atoms with E-state index in [0.29, 0.717) is 0 Å². The maximum atomic E-state index is 15.0. The second kappa shape index (κ2) is 9.33. The number of fused-ring (bicyclic) bond motifs is 1. The minimum atomic E-state index is -4.81. The number of rotatable bonds is 8. The van der Waals surface area contributed by atoms with Crippen molar-refractivity contribution in [1.82, 2.24) is 29.9 Å². The number of halogens is 4. The summed E-state index contributed by atoms with van der Waals surface area (Å²) >= 11 is 0. The number of amides is 1. The topological polar surface area (TPSA) is 137 Å². The number of methoxy groups -OCH3 is 1. The van der Waals surface area contributed by atoms with Crippen molar-refractivity contribution < 1.29 is 41.3 Å². The maximum absolute atomic E-state index is 15.0. The summed E-state index contributed by atoms with van der Waals surface area (Å²) in [6.45, 7) is 0.949. The molecule has 3 aromatic rings. The van der Waals surface area contributed by atoms with Gasteiger partial charge in [0.25, 0.3) is 0 Å². The molecule has 4 heterocycles. The summed E-state index contributed by atoms with van der Waals surface area (Å²) in [5.41, 5.74) is 0.225. The van der Waals surface area contributed by atoms with Crippen LogP contribution in [0, 0.1) is 0 Å². The molecule has 200 valence electrons. The Kier molecular flexibility index (Phi) is 6.31. The van der Waals surface area contributed by atoms with Crippen LogP contribution < -0.4 is 15.4 Å². The molecule has 0 aromatic carbocycles. The van der Waals surface area contributed by atoms with Crippen LogP contribution in [0.3, 0.4) is 0 Å². The molecule has 1 aliphatic carbocycles. The molecule has 0 radical (unpaired) electrons. The molecule has 1 saturated carbocycles. The molecule has 12 nitrogen and oxygen atoms in total. The zero-order chi connectivity index (χ0) is 26.4. The van der Waals surface area contributed by atoms with Crippen molar-refractivity contribution in [1.29, 1.82) is 0 Å². The van der Waals surface area contributed by atoms with Crippen molar-refractivity contribution in [2.24, 2.45) is 0 Å². The second-order valence-corrected chi connectivity index (χ2v) is 8.98. The molecule has 0 bridgehead atoms. The Bertz CT molecular complexity index is 1290. The molecule has 1 amide bonds. The van der Waals surface area contributed by atoms with E-state index in [2.05, 4.69) is 35.5 Å². The lowest BCUT2D eigenvalue weighted by atomic mass is 10.1. The van der Waals surface area contributed by atoms with Crippen LogP contribution in [0.1, 0.15) is 37.3 Å². The highest BCUT2D eigenvalue weighted by Gasteiger charge is 2.44. The van der Waals surface area contributed by atoms with Crippen molar-refractivity contribution in [2.75, 3.05) is 19.0 Å². The van der Waals surface area contributed by atoms with Gasteiger partial charge in [-0.25, -0.2) is 14.2 Å². The van der Waals surface area contributed by atoms with E-state index in [0.717, 1.165) is 12.8 Å². The molecular formula is C21H23F4N7O5. The number of aromatic nitrogens is 5. The van der Waals surface area contributed by atoms with Gasteiger partial charge < -0.3 is 24.8 Å². The molecule has 3 aromatic heterocycles. The first-order valence-corrected chi connectivity index (χ1v) is 11.2. The zero-order valence-electron chi connectivity index (χ0n) is 19.6. The van der Waals surface area contributed by atoms with Gasteiger partial charge in [-0.1, -0.05) is 0 Å². The van der Waals surface area contributed by atoms with Gasteiger partial charge in [-0.2, -0.15) is 10.1 Å². The minimum absolute atomic E-state index is 0.00327. The summed E-state index contributed by atoms with van der Waals surface area (Å²) in [7, 11) is 1.37. The zero-order valence-corrected chi connectivity index (χ0v) is 19.6. The van der Waals surface area contributed by atoms with E-state index < -0.39 is 37.4 Å². The number of nitrogens with one attached hydrogen (secondary N) is 3. The van der Waals surface area contributed by atoms with E-state index >= 15 is 4.39 Å². The fourth-order valence-electron chi connectivity index (χ4n) is 3.76. The quantitative estimate of drug-likeness (QED) is 0.376. The van der Waals surface area contributed by atoms with Gasteiger partial charge in [-0.15, -0.1) is 13.2 Å². The second-order valence-electron chi connectivity index (χ2n) is 8.98. The number of imidazole rings is 1. The SMILES string of the molecule is COc1cc2nc(COC(F)(F)F)cn2c(Nc2cc([C@H]3OC[C@@H](OC(=O)NC4(C)CC4)[C@@H]3F)[nH]n2)n1. The van der Waals surface area contributed by atoms with E-state index in [-0.39, 0.29) is 46.8 Å². The van der Waals surface area contributed by atoms with E-state index in [9.17, 15) is 18.0 Å². The number of alkyl carbamates (subject to hydrolysis) is 1. The standard InChI is InChI=1S/C21H23F4N7O5/c1-20(3-4-20)29-19(33)37-12-9-35-17(16(12)22)11-5-13(31-30-11)27-18-28-15(34-2)6-14-26-10(7-32(14)18)8-36-21(23,24)25/h5-7,12,16-17H,3-4,8-9H2,1-2H3,(H,29,33)(H2,27,28,30,31)/t12-,16+,17-/m1/s1. The first kappa shape index (κ1) is 25.0. The molecule has 1 saturated heterocycles. The Hall–Kier alpha value is -3.66. The highest BCUT2D eigenvalue weighted by Crippen LogP contribution is 2.36. The summed E-state index contributed by atoms with van der Waals surface area (Å²) in [4.78, 5) is 20.4. The van der Waals surface area contributed by atoms with Gasteiger partial charge in [0.1, 0.15) is 11.8 Å². The lowest BCUT2D eigenvalue weighted by Gasteiger charge is -2.17. The number of aromatic amines is 1. The lowest BCUT2D eigenvalue weighted by Crippen LogP contribution is -2.39. The largest absolute Gasteiger partial charge is 0.522 e. The lowest BCUT2D eigenvalue weighted by molar-refractivity contribution is -0.330. The van der Waals surface area contributed by atoms with Gasteiger partial charge >= 0.3 is 12.5 Å². The van der Waals surface area contributed by atoms with Crippen LogP contribution in [0.15, 0.2) is 18.3 Å². The van der Waals surface area contributed by atoms with Gasteiger partial charge in [0.05, 0.1) is 31.7 Å². The molecule has 2 aliphatic rings. The monoisotopic (exact) mass is 529 g/mol. The number of nitrogens with zero attached hydrogens (tertiary/aromatic N) is 4. The molecule has 1 aliphatic heterocycles. The number of hydrogen-bond donors (Lipinski definition) is 3. The molecule has 3 atom stereocenters. The summed E-state index contributed by atoms with van der Waals surface area (Å²) in [5.74, 6) is 0.466. The first-order valence-electron chi connectivity index (χ1n) is 11.2. The van der Waals surface area contributed by atoms with Gasteiger partial charge in [0, 0.05) is 23.9 Å². The molecule has 0 spiro atoms. The number of H-pyrrole nitrogens is 1. The molecule has 0 unspecified atom stereocenters. The smallest absolute Gasteiger partial charge is 0.481 e. The number of hydrogen-bond acceptors (Lipinski definition) is 9. The van der Waals surface area contributed by atoms with Crippen molar-refractivity contribution in [3.63, 3.8) is 0 Å². The first-order chi connectivity index (χ1) is 17.5. The number of alkyl halides is 4. The molecule has 2 fully saturated rings. The van der Waals surface area contributed by atoms with Gasteiger partial charge in [0.2, 0.25) is 11.8 Å². The van der Waals surface area contributed by atoms with Gasteiger partial charge in [-0.05, 0) is 19.8 Å². The molecule has 16 heteroatoms. The number of carbonyl (C=O) groups is 1. The summed E-state index contributed by atoms with van der Waals surface area (Å²) in [6, 6.07) is 2.90. The summed E-state index contributed by atoms with van der Waals surface area (Å²) in [5, 5.41) is 12.4. The molecule has 37 heavy (non-hydrogen) atoms. The minimum Gasteiger partial charge on any atom is -0.481 e. The van der Waals surface area contributed by atoms with Gasteiger partial charge in [0.15, 0.2) is 18.1 Å². The van der Waals surface area contributed by atoms with Crippen LogP contribution in [0.5, 0.6) is 5.88 Å². The Labute approximate surface area is 206 Å². The fraction of sp³-hybridized carbons (Fsp3) is 0.524. The third kappa shape index (κ3) is 5.69. The van der Waals surface area contributed by atoms with E-state index in [1.54, 1.807) is 0 Å². The van der Waals surface area contributed by atoms with Crippen molar-refractivity contribution in [3.05, 3.63) is 29.7 Å². The van der Waals surface area contributed by atoms with Crippen LogP contribution in [0.25, 0.3) is 5.65 Å². The maximum Gasteiger partial charge on any atom is 0.522 e. The van der Waals surface area contributed by atoms with Crippen molar-refractivity contribution >= 4 is 23.5 Å². The Morgan fingerprint density at radius 1 is 1.32 bits per heavy atom. The highest BCUT2D eigenvalue weighted by molar-refractivity contribution is 5.69. The van der Waals surface area contributed by atoms with E-state index in [1.165, 1.54) is 29.8 Å². The Balaban J connectivity index is 1.28. The summed E-state index contributed by atoms with van der Waals surface area (Å²) in [6.07, 6.45) is -6.30. The van der Waals surface area contributed by atoms with Crippen LogP contribution in [0.2, 0.25) is 0 Å². The number of carbonyl (C=O) groups excluding carboxylic acids is 1. The van der Waals surface area contributed by atoms with Crippen LogP contribution in [-0.4, -0.2) is 68.6 Å². The highest BCUT2D eigenvalue weighted by atomic mass is 19.4. The van der Waals surface area contributed by atoms with Crippen LogP contribution in [-0.2, 0) is 20.8 Å². The Morgan fingerprint density at radius 2 is 2.11 bits per heavy atom. The third-order valence-electron chi connectivity index (χ3n) is 5.96. The number of ether oxygens (including phenoxy) is 4.